The topological polar surface area (TPSA) is 38.0 Å². The number of nitrogens with one attached hydrogen (secondary N) is 1. The molecule has 0 bridgehead atoms. The average Bonchev–Trinajstić information content (AvgIpc) is 2.54. The molecular formula is C10H12Br2N2S. The minimum Gasteiger partial charge on any atom is -0.271 e. The normalized spacial score (nSPS) is 12.0. The first kappa shape index (κ1) is 13.2. The zero-order valence-corrected chi connectivity index (χ0v) is 12.3. The Morgan fingerprint density at radius 2 is 2.33 bits per heavy atom. The van der Waals surface area contributed by atoms with Gasteiger partial charge in [-0.05, 0) is 51.3 Å². The van der Waals surface area contributed by atoms with Gasteiger partial charge < -0.3 is 0 Å². The lowest BCUT2D eigenvalue weighted by atomic mass is 10.1. The predicted octanol–water partition coefficient (Wildman–Crippen LogP) is 3.58. The van der Waals surface area contributed by atoms with Gasteiger partial charge >= 0.3 is 0 Å². The molecule has 0 saturated carbocycles. The van der Waals surface area contributed by atoms with Gasteiger partial charge in [0, 0.05) is 15.8 Å². The van der Waals surface area contributed by atoms with Crippen molar-refractivity contribution < 1.29 is 0 Å². The Morgan fingerprint density at radius 1 is 1.60 bits per heavy atom. The fraction of sp³-hybridized carbons (Fsp3) is 0.400. The highest BCUT2D eigenvalue weighted by molar-refractivity contribution is 9.13. The van der Waals surface area contributed by atoms with E-state index in [1.165, 1.54) is 4.88 Å². The van der Waals surface area contributed by atoms with E-state index in [1.54, 1.807) is 11.3 Å². The average molecular weight is 352 g/mol. The van der Waals surface area contributed by atoms with Crippen molar-refractivity contribution in [3.8, 4) is 11.8 Å². The maximum absolute atomic E-state index is 5.52. The molecule has 0 fully saturated rings. The van der Waals surface area contributed by atoms with Gasteiger partial charge in [0.25, 0.3) is 0 Å². The highest BCUT2D eigenvalue weighted by Gasteiger charge is 2.13. The van der Waals surface area contributed by atoms with E-state index in [4.69, 9.17) is 5.84 Å². The van der Waals surface area contributed by atoms with Gasteiger partial charge in [0.1, 0.15) is 0 Å². The first-order valence-corrected chi connectivity index (χ1v) is 6.89. The van der Waals surface area contributed by atoms with Gasteiger partial charge in [0.05, 0.1) is 9.83 Å². The van der Waals surface area contributed by atoms with Crippen molar-refractivity contribution in [2.75, 3.05) is 0 Å². The number of halogens is 2. The van der Waals surface area contributed by atoms with Crippen molar-refractivity contribution in [1.82, 2.24) is 5.43 Å². The summed E-state index contributed by atoms with van der Waals surface area (Å²) in [5.41, 5.74) is 2.82. The summed E-state index contributed by atoms with van der Waals surface area (Å²) >= 11 is 8.62. The Morgan fingerprint density at radius 3 is 2.80 bits per heavy atom. The predicted molar refractivity (Wildman–Crippen MR) is 72.5 cm³/mol. The molecule has 1 atom stereocenters. The van der Waals surface area contributed by atoms with Crippen LogP contribution in [0, 0.1) is 11.8 Å². The molecule has 0 aliphatic rings. The molecule has 0 aliphatic carbocycles. The third-order valence-electron chi connectivity index (χ3n) is 1.94. The van der Waals surface area contributed by atoms with E-state index in [0.29, 0.717) is 0 Å². The molecule has 1 rings (SSSR count). The minimum absolute atomic E-state index is 0.179. The summed E-state index contributed by atoms with van der Waals surface area (Å²) < 4.78 is 2.17. The van der Waals surface area contributed by atoms with E-state index in [0.717, 1.165) is 21.1 Å². The number of rotatable bonds is 4. The number of hydrazine groups is 1. The van der Waals surface area contributed by atoms with Crippen molar-refractivity contribution >= 4 is 43.2 Å². The maximum atomic E-state index is 5.52. The van der Waals surface area contributed by atoms with E-state index in [1.807, 2.05) is 6.92 Å². The Bertz CT molecular complexity index is 359. The number of hydrogen-bond donors (Lipinski definition) is 2. The molecule has 1 heterocycles. The third kappa shape index (κ3) is 3.89. The van der Waals surface area contributed by atoms with Crippen molar-refractivity contribution in [3.05, 3.63) is 19.2 Å². The van der Waals surface area contributed by atoms with Crippen molar-refractivity contribution in [2.24, 2.45) is 5.84 Å². The quantitative estimate of drug-likeness (QED) is 0.494. The van der Waals surface area contributed by atoms with Gasteiger partial charge in [-0.2, -0.15) is 0 Å². The number of hydrogen-bond acceptors (Lipinski definition) is 3. The van der Waals surface area contributed by atoms with Gasteiger partial charge in [0.2, 0.25) is 0 Å². The lowest BCUT2D eigenvalue weighted by Gasteiger charge is -2.11. The molecule has 2 nitrogen and oxygen atoms in total. The molecule has 15 heavy (non-hydrogen) atoms. The molecule has 0 aliphatic heterocycles. The zero-order valence-electron chi connectivity index (χ0n) is 8.31. The monoisotopic (exact) mass is 350 g/mol. The van der Waals surface area contributed by atoms with E-state index in [9.17, 15) is 0 Å². The van der Waals surface area contributed by atoms with Crippen molar-refractivity contribution in [1.29, 1.82) is 0 Å². The van der Waals surface area contributed by atoms with Gasteiger partial charge in [0.15, 0.2) is 0 Å². The van der Waals surface area contributed by atoms with Crippen molar-refractivity contribution in [3.63, 3.8) is 0 Å². The highest BCUT2D eigenvalue weighted by atomic mass is 79.9. The summed E-state index contributed by atoms with van der Waals surface area (Å²) in [7, 11) is 0. The minimum atomic E-state index is 0.179. The van der Waals surface area contributed by atoms with Gasteiger partial charge in [-0.25, -0.2) is 0 Å². The molecule has 82 valence electrons. The second-order valence-corrected chi connectivity index (χ2v) is 6.21. The van der Waals surface area contributed by atoms with Crippen LogP contribution in [-0.4, -0.2) is 0 Å². The first-order valence-electron chi connectivity index (χ1n) is 4.49. The largest absolute Gasteiger partial charge is 0.271 e. The van der Waals surface area contributed by atoms with Crippen LogP contribution >= 0.6 is 43.2 Å². The van der Waals surface area contributed by atoms with Gasteiger partial charge in [-0.3, -0.25) is 11.3 Å². The lowest BCUT2D eigenvalue weighted by Crippen LogP contribution is -2.27. The van der Waals surface area contributed by atoms with Crippen LogP contribution in [0.5, 0.6) is 0 Å². The molecule has 5 heteroatoms. The van der Waals surface area contributed by atoms with Crippen LogP contribution < -0.4 is 11.3 Å². The summed E-state index contributed by atoms with van der Waals surface area (Å²) in [5.74, 6) is 11.4. The van der Waals surface area contributed by atoms with Crippen LogP contribution in [0.25, 0.3) is 0 Å². The summed E-state index contributed by atoms with van der Waals surface area (Å²) in [6, 6.07) is 2.26. The van der Waals surface area contributed by atoms with Crippen LogP contribution in [0.4, 0.5) is 0 Å². The fourth-order valence-corrected chi connectivity index (χ4v) is 3.37. The maximum Gasteiger partial charge on any atom is 0.0843 e. The third-order valence-corrected chi connectivity index (χ3v) is 5.31. The lowest BCUT2D eigenvalue weighted by molar-refractivity contribution is 0.531. The van der Waals surface area contributed by atoms with Crippen LogP contribution in [-0.2, 0) is 0 Å². The van der Waals surface area contributed by atoms with Crippen LogP contribution in [0.2, 0.25) is 0 Å². The summed E-state index contributed by atoms with van der Waals surface area (Å²) in [6.45, 7) is 1.85. The van der Waals surface area contributed by atoms with Gasteiger partial charge in [-0.15, -0.1) is 23.2 Å². The Labute approximate surface area is 111 Å². The van der Waals surface area contributed by atoms with Crippen LogP contribution in [0.3, 0.4) is 0 Å². The molecule has 1 aromatic rings. The van der Waals surface area contributed by atoms with Crippen LogP contribution in [0.1, 0.15) is 30.7 Å². The van der Waals surface area contributed by atoms with E-state index < -0.39 is 0 Å². The fourth-order valence-electron chi connectivity index (χ4n) is 1.18. The molecule has 0 radical (unpaired) electrons. The van der Waals surface area contributed by atoms with E-state index >= 15 is 0 Å². The second-order valence-electron chi connectivity index (χ2n) is 2.96. The summed E-state index contributed by atoms with van der Waals surface area (Å²) in [5, 5.41) is 0. The molecular weight excluding hydrogens is 340 g/mol. The standard InChI is InChI=1S/C10H12Br2N2S/c1-2-3-4-5-8(14-13)9-6-7(11)10(12)15-9/h6,8,14H,4-5,13H2,1H3. The molecule has 0 saturated heterocycles. The molecule has 0 amide bonds. The Balaban J connectivity index is 2.68. The summed E-state index contributed by atoms with van der Waals surface area (Å²) in [4.78, 5) is 1.22. The Kier molecular flexibility index (Phi) is 5.87. The summed E-state index contributed by atoms with van der Waals surface area (Å²) in [6.07, 6.45) is 1.79. The molecule has 1 unspecified atom stereocenters. The molecule has 3 N–H and O–H groups in total. The van der Waals surface area contributed by atoms with Gasteiger partial charge in [-0.1, -0.05) is 0 Å². The zero-order chi connectivity index (χ0) is 11.3. The second kappa shape index (κ2) is 6.66. The molecule has 0 spiro atoms. The Hall–Kier alpha value is 0.140. The number of nitrogens with two attached hydrogens (primary N) is 1. The highest BCUT2D eigenvalue weighted by Crippen LogP contribution is 2.36. The van der Waals surface area contributed by atoms with Crippen molar-refractivity contribution in [2.45, 2.75) is 25.8 Å². The smallest absolute Gasteiger partial charge is 0.0843 e. The van der Waals surface area contributed by atoms with Crippen LogP contribution in [0.15, 0.2) is 14.3 Å². The molecule has 1 aromatic heterocycles. The SMILES string of the molecule is CC#CCCC(NN)c1cc(Br)c(Br)s1. The molecule has 0 aromatic carbocycles. The van der Waals surface area contributed by atoms with E-state index in [2.05, 4.69) is 55.2 Å². The first-order chi connectivity index (χ1) is 7.19. The van der Waals surface area contributed by atoms with E-state index in [-0.39, 0.29) is 6.04 Å². The number of thiophene rings is 1.